The predicted octanol–water partition coefficient (Wildman–Crippen LogP) is 2.27. The van der Waals surface area contributed by atoms with E-state index in [4.69, 9.17) is 4.74 Å². The van der Waals surface area contributed by atoms with Crippen LogP contribution in [0.5, 0.6) is 0 Å². The molecule has 0 unspecified atom stereocenters. The number of nitrogens with one attached hydrogen (secondary N) is 2. The highest BCUT2D eigenvalue weighted by Crippen LogP contribution is 2.61. The van der Waals surface area contributed by atoms with Gasteiger partial charge in [0.2, 0.25) is 5.91 Å². The number of esters is 1. The van der Waals surface area contributed by atoms with Crippen molar-refractivity contribution in [3.8, 4) is 0 Å². The lowest BCUT2D eigenvalue weighted by Crippen LogP contribution is -2.48. The molecule has 0 radical (unpaired) electrons. The lowest BCUT2D eigenvalue weighted by atomic mass is 9.49. The predicted molar refractivity (Wildman–Crippen MR) is 106 cm³/mol. The molecule has 0 saturated heterocycles. The van der Waals surface area contributed by atoms with Crippen molar-refractivity contribution in [2.75, 3.05) is 13.2 Å². The van der Waals surface area contributed by atoms with Crippen LogP contribution in [-0.2, 0) is 19.1 Å². The first-order chi connectivity index (χ1) is 13.9. The van der Waals surface area contributed by atoms with E-state index in [2.05, 4.69) is 10.6 Å². The zero-order valence-electron chi connectivity index (χ0n) is 16.3. The Bertz CT molecular complexity index is 769. The van der Waals surface area contributed by atoms with E-state index in [0.29, 0.717) is 11.3 Å². The van der Waals surface area contributed by atoms with Gasteiger partial charge in [0.1, 0.15) is 6.54 Å². The normalized spacial score (nSPS) is 29.3. The molecule has 4 aliphatic rings. The minimum Gasteiger partial charge on any atom is -0.454 e. The number of hydrogen-bond donors (Lipinski definition) is 2. The monoisotopic (exact) mass is 418 g/mol. The van der Waals surface area contributed by atoms with Crippen molar-refractivity contribution < 1.29 is 23.9 Å². The molecule has 29 heavy (non-hydrogen) atoms. The van der Waals surface area contributed by atoms with Crippen molar-refractivity contribution in [3.05, 3.63) is 22.4 Å². The zero-order chi connectivity index (χ0) is 20.4. The molecular formula is C21H26N2O5S. The Balaban J connectivity index is 1.16. The molecule has 1 aromatic rings. The Kier molecular flexibility index (Phi) is 5.72. The summed E-state index contributed by atoms with van der Waals surface area (Å²) in [4.78, 5) is 48.1. The number of amides is 3. The van der Waals surface area contributed by atoms with Crippen LogP contribution in [0.25, 0.3) is 0 Å². The van der Waals surface area contributed by atoms with E-state index >= 15 is 0 Å². The lowest BCUT2D eigenvalue weighted by Gasteiger charge is -2.56. The average molecular weight is 419 g/mol. The fourth-order valence-corrected chi connectivity index (χ4v) is 6.53. The van der Waals surface area contributed by atoms with Crippen molar-refractivity contribution >= 4 is 35.0 Å². The second-order valence-corrected chi connectivity index (χ2v) is 9.83. The van der Waals surface area contributed by atoms with Crippen molar-refractivity contribution in [2.45, 2.75) is 44.9 Å². The van der Waals surface area contributed by atoms with Crippen LogP contribution in [-0.4, -0.2) is 36.8 Å². The maximum Gasteiger partial charge on any atom is 0.325 e. The standard InChI is InChI=1S/C21H26N2O5S/c24-17(10-21-7-13-4-14(8-21)6-15(5-13)9-21)22-11-19(26)28-12-18(25)23-20(27)16-2-1-3-29-16/h1-3,13-15H,4-12H2,(H,22,24)(H,23,25,27). The van der Waals surface area contributed by atoms with E-state index in [-0.39, 0.29) is 17.9 Å². The van der Waals surface area contributed by atoms with Gasteiger partial charge in [-0.15, -0.1) is 11.3 Å². The first-order valence-corrected chi connectivity index (χ1v) is 11.1. The molecule has 4 bridgehead atoms. The first kappa shape index (κ1) is 20.1. The van der Waals surface area contributed by atoms with Gasteiger partial charge in [0.15, 0.2) is 6.61 Å². The second-order valence-electron chi connectivity index (χ2n) is 8.89. The molecule has 0 aliphatic heterocycles. The van der Waals surface area contributed by atoms with Gasteiger partial charge in [0, 0.05) is 6.42 Å². The smallest absolute Gasteiger partial charge is 0.325 e. The molecular weight excluding hydrogens is 392 g/mol. The van der Waals surface area contributed by atoms with Gasteiger partial charge in [0.05, 0.1) is 4.88 Å². The summed E-state index contributed by atoms with van der Waals surface area (Å²) in [5.41, 5.74) is 0.116. The van der Waals surface area contributed by atoms with E-state index in [1.807, 2.05) is 0 Å². The molecule has 3 amide bonds. The Morgan fingerprint density at radius 1 is 1.03 bits per heavy atom. The zero-order valence-corrected chi connectivity index (χ0v) is 17.1. The van der Waals surface area contributed by atoms with Gasteiger partial charge >= 0.3 is 5.97 Å². The number of thiophene rings is 1. The average Bonchev–Trinajstić information content (AvgIpc) is 3.18. The number of rotatable bonds is 7. The summed E-state index contributed by atoms with van der Waals surface area (Å²) in [5.74, 6) is 0.281. The SMILES string of the molecule is O=C(CC12CC3CC(CC(C3)C1)C2)NCC(=O)OCC(=O)NC(=O)c1cccs1. The van der Waals surface area contributed by atoms with Crippen LogP contribution in [0.4, 0.5) is 0 Å². The second kappa shape index (κ2) is 8.26. The van der Waals surface area contributed by atoms with E-state index in [1.54, 1.807) is 17.5 Å². The third-order valence-electron chi connectivity index (χ3n) is 6.49. The topological polar surface area (TPSA) is 102 Å². The van der Waals surface area contributed by atoms with Crippen molar-refractivity contribution in [2.24, 2.45) is 23.2 Å². The van der Waals surface area contributed by atoms with E-state index < -0.39 is 24.4 Å². The number of carbonyl (C=O) groups excluding carboxylic acids is 4. The molecule has 156 valence electrons. The molecule has 0 atom stereocenters. The highest BCUT2D eigenvalue weighted by molar-refractivity contribution is 7.12. The Labute approximate surface area is 173 Å². The maximum atomic E-state index is 12.4. The summed E-state index contributed by atoms with van der Waals surface area (Å²) in [6.45, 7) is -0.821. The van der Waals surface area contributed by atoms with Crippen LogP contribution in [0.3, 0.4) is 0 Å². The van der Waals surface area contributed by atoms with E-state index in [1.165, 1.54) is 30.6 Å². The van der Waals surface area contributed by atoms with Gasteiger partial charge in [0.25, 0.3) is 11.8 Å². The van der Waals surface area contributed by atoms with Crippen molar-refractivity contribution in [1.29, 1.82) is 0 Å². The van der Waals surface area contributed by atoms with E-state index in [9.17, 15) is 19.2 Å². The molecule has 7 nitrogen and oxygen atoms in total. The minimum atomic E-state index is -0.698. The Morgan fingerprint density at radius 3 is 2.28 bits per heavy atom. The summed E-state index contributed by atoms with van der Waals surface area (Å²) < 4.78 is 4.85. The summed E-state index contributed by atoms with van der Waals surface area (Å²) in [5, 5.41) is 6.52. The number of imide groups is 1. The van der Waals surface area contributed by atoms with Crippen molar-refractivity contribution in [3.63, 3.8) is 0 Å². The van der Waals surface area contributed by atoms with E-state index in [0.717, 1.165) is 37.0 Å². The van der Waals surface area contributed by atoms with Crippen LogP contribution in [0, 0.1) is 23.2 Å². The van der Waals surface area contributed by atoms with Gasteiger partial charge in [-0.2, -0.15) is 0 Å². The van der Waals surface area contributed by atoms with Crippen LogP contribution in [0.2, 0.25) is 0 Å². The maximum absolute atomic E-state index is 12.4. The lowest BCUT2D eigenvalue weighted by molar-refractivity contribution is -0.148. The number of carbonyl (C=O) groups is 4. The summed E-state index contributed by atoms with van der Waals surface area (Å²) in [7, 11) is 0. The molecule has 0 spiro atoms. The van der Waals surface area contributed by atoms with Crippen LogP contribution < -0.4 is 10.6 Å². The summed E-state index contributed by atoms with van der Waals surface area (Å²) in [6.07, 6.45) is 7.85. The highest BCUT2D eigenvalue weighted by Gasteiger charge is 2.51. The van der Waals surface area contributed by atoms with Crippen LogP contribution in [0.15, 0.2) is 17.5 Å². The van der Waals surface area contributed by atoms with Crippen LogP contribution in [0.1, 0.15) is 54.6 Å². The Morgan fingerprint density at radius 2 is 1.69 bits per heavy atom. The molecule has 4 aliphatic carbocycles. The number of hydrogen-bond acceptors (Lipinski definition) is 6. The van der Waals surface area contributed by atoms with Crippen LogP contribution >= 0.6 is 11.3 Å². The molecule has 4 saturated carbocycles. The number of ether oxygens (including phenoxy) is 1. The van der Waals surface area contributed by atoms with Gasteiger partial charge in [-0.3, -0.25) is 24.5 Å². The molecule has 1 heterocycles. The Hall–Kier alpha value is -2.22. The quantitative estimate of drug-likeness (QED) is 0.662. The molecule has 1 aromatic heterocycles. The molecule has 0 aromatic carbocycles. The highest BCUT2D eigenvalue weighted by atomic mass is 32.1. The van der Waals surface area contributed by atoms with Gasteiger partial charge in [-0.05, 0) is 73.1 Å². The first-order valence-electron chi connectivity index (χ1n) is 10.2. The van der Waals surface area contributed by atoms with Gasteiger partial charge < -0.3 is 10.1 Å². The minimum absolute atomic E-state index is 0.116. The third kappa shape index (κ3) is 4.86. The molecule has 5 rings (SSSR count). The van der Waals surface area contributed by atoms with Gasteiger partial charge in [-0.1, -0.05) is 6.07 Å². The van der Waals surface area contributed by atoms with Crippen molar-refractivity contribution in [1.82, 2.24) is 10.6 Å². The molecule has 2 N–H and O–H groups in total. The third-order valence-corrected chi connectivity index (χ3v) is 7.36. The summed E-state index contributed by atoms with van der Waals surface area (Å²) >= 11 is 1.21. The fourth-order valence-electron chi connectivity index (χ4n) is 5.91. The fraction of sp³-hybridized carbons (Fsp3) is 0.619. The molecule has 8 heteroatoms. The summed E-state index contributed by atoms with van der Waals surface area (Å²) in [6, 6.07) is 3.30. The van der Waals surface area contributed by atoms with Gasteiger partial charge in [-0.25, -0.2) is 0 Å². The largest absolute Gasteiger partial charge is 0.454 e. The molecule has 4 fully saturated rings.